The highest BCUT2D eigenvalue weighted by atomic mass is 16.5. The van der Waals surface area contributed by atoms with Crippen LogP contribution >= 0.6 is 0 Å². The first-order valence-corrected chi connectivity index (χ1v) is 6.53. The van der Waals surface area contributed by atoms with Gasteiger partial charge in [-0.15, -0.1) is 0 Å². The fraction of sp³-hybridized carbons (Fsp3) is 0.846. The number of ether oxygens (including phenoxy) is 2. The Morgan fingerprint density at radius 2 is 1.63 bits per heavy atom. The second-order valence-electron chi connectivity index (χ2n) is 5.21. The van der Waals surface area contributed by atoms with Crippen molar-refractivity contribution in [3.8, 4) is 0 Å². The van der Waals surface area contributed by atoms with Crippen LogP contribution < -0.4 is 11.1 Å². The van der Waals surface area contributed by atoms with Crippen LogP contribution in [0.3, 0.4) is 0 Å². The number of ketones is 1. The summed E-state index contributed by atoms with van der Waals surface area (Å²) in [6.45, 7) is 8.18. The predicted octanol–water partition coefficient (Wildman–Crippen LogP) is 0.0998. The van der Waals surface area contributed by atoms with Crippen molar-refractivity contribution in [3.05, 3.63) is 0 Å². The van der Waals surface area contributed by atoms with Crippen LogP contribution in [0.2, 0.25) is 0 Å². The number of nitrogens with one attached hydrogen (secondary N) is 1. The van der Waals surface area contributed by atoms with E-state index in [-0.39, 0.29) is 18.1 Å². The summed E-state index contributed by atoms with van der Waals surface area (Å²) in [6.07, 6.45) is -0.0802. The molecule has 0 unspecified atom stereocenters. The molecule has 112 valence electrons. The zero-order valence-corrected chi connectivity index (χ0v) is 12.2. The molecule has 0 aromatic rings. The Labute approximate surface area is 115 Å². The molecule has 6 heteroatoms. The lowest BCUT2D eigenvalue weighted by Crippen LogP contribution is -2.32. The van der Waals surface area contributed by atoms with Crippen molar-refractivity contribution in [2.24, 2.45) is 11.1 Å². The summed E-state index contributed by atoms with van der Waals surface area (Å²) in [7, 11) is 0. The van der Waals surface area contributed by atoms with Crippen molar-refractivity contribution in [1.29, 1.82) is 0 Å². The number of Topliss-reactive ketones (excluding diaryl/α,β-unsaturated/α-hetero) is 1. The first-order valence-electron chi connectivity index (χ1n) is 6.53. The molecular weight excluding hydrogens is 248 g/mol. The monoisotopic (exact) mass is 274 g/mol. The van der Waals surface area contributed by atoms with E-state index in [0.29, 0.717) is 39.5 Å². The number of nitrogens with two attached hydrogens (primary N) is 1. The van der Waals surface area contributed by atoms with Crippen molar-refractivity contribution in [2.45, 2.75) is 27.2 Å². The van der Waals surface area contributed by atoms with Crippen LogP contribution in [0.5, 0.6) is 0 Å². The number of rotatable bonds is 10. The van der Waals surface area contributed by atoms with Gasteiger partial charge in [-0.3, -0.25) is 9.59 Å². The SMILES string of the molecule is CC(C)(C)C(=O)CC(=O)NCCOCCOCCN. The first-order chi connectivity index (χ1) is 8.88. The van der Waals surface area contributed by atoms with E-state index in [1.165, 1.54) is 0 Å². The molecule has 0 rings (SSSR count). The van der Waals surface area contributed by atoms with E-state index in [4.69, 9.17) is 15.2 Å². The summed E-state index contributed by atoms with van der Waals surface area (Å²) in [4.78, 5) is 23.0. The standard InChI is InChI=1S/C13H26N2O4/c1-13(2,3)11(16)10-12(17)15-5-7-19-9-8-18-6-4-14/h4-10,14H2,1-3H3,(H,15,17). The maximum atomic E-state index is 11.6. The Hall–Kier alpha value is -0.980. The summed E-state index contributed by atoms with van der Waals surface area (Å²) in [5.41, 5.74) is 4.78. The molecule has 0 atom stereocenters. The summed E-state index contributed by atoms with van der Waals surface area (Å²) >= 11 is 0. The molecule has 0 aromatic carbocycles. The predicted molar refractivity (Wildman–Crippen MR) is 72.8 cm³/mol. The molecule has 0 aliphatic carbocycles. The highest BCUT2D eigenvalue weighted by molar-refractivity contribution is 6.00. The van der Waals surface area contributed by atoms with Crippen LogP contribution in [-0.2, 0) is 19.1 Å². The lowest BCUT2D eigenvalue weighted by molar-refractivity contribution is -0.132. The van der Waals surface area contributed by atoms with Crippen LogP contribution in [0.1, 0.15) is 27.2 Å². The van der Waals surface area contributed by atoms with E-state index in [2.05, 4.69) is 5.32 Å². The Morgan fingerprint density at radius 3 is 2.16 bits per heavy atom. The topological polar surface area (TPSA) is 90.7 Å². The number of hydrogen-bond donors (Lipinski definition) is 2. The third-order valence-corrected chi connectivity index (χ3v) is 2.36. The molecule has 0 spiro atoms. The average Bonchev–Trinajstić information content (AvgIpc) is 2.31. The van der Waals surface area contributed by atoms with Crippen molar-refractivity contribution >= 4 is 11.7 Å². The van der Waals surface area contributed by atoms with Gasteiger partial charge in [0.25, 0.3) is 0 Å². The maximum absolute atomic E-state index is 11.6. The molecule has 0 aromatic heterocycles. The molecule has 0 bridgehead atoms. The number of amides is 1. The van der Waals surface area contributed by atoms with Crippen molar-refractivity contribution in [3.63, 3.8) is 0 Å². The van der Waals surface area contributed by atoms with Gasteiger partial charge in [0.15, 0.2) is 0 Å². The first kappa shape index (κ1) is 18.0. The number of carbonyl (C=O) groups is 2. The number of carbonyl (C=O) groups excluding carboxylic acids is 2. The second kappa shape index (κ2) is 9.89. The van der Waals surface area contributed by atoms with Gasteiger partial charge < -0.3 is 20.5 Å². The van der Waals surface area contributed by atoms with Crippen LogP contribution in [-0.4, -0.2) is 51.2 Å². The van der Waals surface area contributed by atoms with Crippen molar-refractivity contribution < 1.29 is 19.1 Å². The van der Waals surface area contributed by atoms with Gasteiger partial charge in [0, 0.05) is 18.5 Å². The quantitative estimate of drug-likeness (QED) is 0.435. The molecule has 0 aliphatic heterocycles. The van der Waals surface area contributed by atoms with E-state index in [0.717, 1.165) is 0 Å². The van der Waals surface area contributed by atoms with Crippen LogP contribution in [0, 0.1) is 5.41 Å². The zero-order valence-electron chi connectivity index (χ0n) is 12.2. The Kier molecular flexibility index (Phi) is 9.38. The van der Waals surface area contributed by atoms with Gasteiger partial charge in [-0.2, -0.15) is 0 Å². The average molecular weight is 274 g/mol. The molecule has 0 radical (unpaired) electrons. The van der Waals surface area contributed by atoms with E-state index in [1.54, 1.807) is 20.8 Å². The summed E-state index contributed by atoms with van der Waals surface area (Å²) < 4.78 is 10.4. The van der Waals surface area contributed by atoms with Crippen molar-refractivity contribution in [1.82, 2.24) is 5.32 Å². The fourth-order valence-electron chi connectivity index (χ4n) is 1.14. The minimum atomic E-state index is -0.478. The zero-order chi connectivity index (χ0) is 14.7. The van der Waals surface area contributed by atoms with Gasteiger partial charge in [0.2, 0.25) is 5.91 Å². The van der Waals surface area contributed by atoms with Gasteiger partial charge in [0.1, 0.15) is 5.78 Å². The molecule has 19 heavy (non-hydrogen) atoms. The Balaban J connectivity index is 3.47. The molecule has 0 heterocycles. The molecule has 0 saturated carbocycles. The summed E-state index contributed by atoms with van der Waals surface area (Å²) in [5.74, 6) is -0.330. The Bertz CT molecular complexity index is 274. The normalized spacial score (nSPS) is 11.4. The van der Waals surface area contributed by atoms with Gasteiger partial charge in [-0.25, -0.2) is 0 Å². The van der Waals surface area contributed by atoms with Crippen LogP contribution in [0.25, 0.3) is 0 Å². The third-order valence-electron chi connectivity index (χ3n) is 2.36. The molecule has 6 nitrogen and oxygen atoms in total. The van der Waals surface area contributed by atoms with Gasteiger partial charge in [0.05, 0.1) is 32.8 Å². The molecular formula is C13H26N2O4. The van der Waals surface area contributed by atoms with Gasteiger partial charge >= 0.3 is 0 Å². The highest BCUT2D eigenvalue weighted by Crippen LogP contribution is 2.16. The van der Waals surface area contributed by atoms with Gasteiger partial charge in [-0.05, 0) is 0 Å². The van der Waals surface area contributed by atoms with E-state index in [1.807, 2.05) is 0 Å². The van der Waals surface area contributed by atoms with E-state index < -0.39 is 5.41 Å². The summed E-state index contributed by atoms with van der Waals surface area (Å²) in [6, 6.07) is 0. The van der Waals surface area contributed by atoms with Crippen LogP contribution in [0.4, 0.5) is 0 Å². The smallest absolute Gasteiger partial charge is 0.227 e. The maximum Gasteiger partial charge on any atom is 0.227 e. The minimum Gasteiger partial charge on any atom is -0.378 e. The Morgan fingerprint density at radius 1 is 1.05 bits per heavy atom. The van der Waals surface area contributed by atoms with E-state index in [9.17, 15) is 9.59 Å². The number of hydrogen-bond acceptors (Lipinski definition) is 5. The van der Waals surface area contributed by atoms with E-state index >= 15 is 0 Å². The lowest BCUT2D eigenvalue weighted by Gasteiger charge is -2.16. The lowest BCUT2D eigenvalue weighted by atomic mass is 9.89. The highest BCUT2D eigenvalue weighted by Gasteiger charge is 2.23. The molecule has 0 fully saturated rings. The fourth-order valence-corrected chi connectivity index (χ4v) is 1.14. The molecule has 3 N–H and O–H groups in total. The second-order valence-corrected chi connectivity index (χ2v) is 5.21. The van der Waals surface area contributed by atoms with Gasteiger partial charge in [-0.1, -0.05) is 20.8 Å². The van der Waals surface area contributed by atoms with Crippen molar-refractivity contribution in [2.75, 3.05) is 39.5 Å². The molecule has 0 saturated heterocycles. The largest absolute Gasteiger partial charge is 0.378 e. The van der Waals surface area contributed by atoms with Crippen LogP contribution in [0.15, 0.2) is 0 Å². The molecule has 0 aliphatic rings. The summed E-state index contributed by atoms with van der Waals surface area (Å²) in [5, 5.41) is 2.64. The minimum absolute atomic E-state index is 0.0684. The molecule has 1 amide bonds. The third kappa shape index (κ3) is 10.6.